The molecule has 3 nitrogen and oxygen atoms in total. The van der Waals surface area contributed by atoms with E-state index >= 15 is 0 Å². The molecule has 0 aliphatic carbocycles. The molecule has 0 saturated heterocycles. The van der Waals surface area contributed by atoms with Crippen molar-refractivity contribution in [1.29, 1.82) is 0 Å². The predicted molar refractivity (Wildman–Crippen MR) is 115 cm³/mol. The van der Waals surface area contributed by atoms with Crippen LogP contribution in [0.4, 0.5) is 10.1 Å². The second-order valence-corrected chi connectivity index (χ2v) is 7.69. The summed E-state index contributed by atoms with van der Waals surface area (Å²) in [5, 5.41) is 0.672. The Morgan fingerprint density at radius 1 is 1.36 bits per heavy atom. The number of halogens is 2. The zero-order valence-corrected chi connectivity index (χ0v) is 18.1. The molecule has 0 radical (unpaired) electrons. The molecular formula is C23H29ClFNO2. The van der Waals surface area contributed by atoms with E-state index in [4.69, 9.17) is 11.6 Å². The fourth-order valence-electron chi connectivity index (χ4n) is 3.52. The molecule has 1 aromatic carbocycles. The summed E-state index contributed by atoms with van der Waals surface area (Å²) >= 11 is 6.63. The zero-order valence-electron chi connectivity index (χ0n) is 17.3. The molecule has 1 heterocycles. The number of ether oxygens (including phenoxy) is 1. The van der Waals surface area contributed by atoms with Crippen LogP contribution in [0.1, 0.15) is 51.7 Å². The second kappa shape index (κ2) is 9.92. The summed E-state index contributed by atoms with van der Waals surface area (Å²) in [6, 6.07) is 4.30. The minimum Gasteiger partial charge on any atom is -0.466 e. The third-order valence-corrected chi connectivity index (χ3v) is 5.22. The molecule has 0 spiro atoms. The molecule has 0 unspecified atom stereocenters. The maximum absolute atomic E-state index is 14.9. The highest BCUT2D eigenvalue weighted by atomic mass is 35.5. The number of methoxy groups -OCH3 is 1. The molecule has 0 aromatic heterocycles. The Bertz CT molecular complexity index is 824. The summed E-state index contributed by atoms with van der Waals surface area (Å²) in [6.45, 7) is 8.95. The van der Waals surface area contributed by atoms with Gasteiger partial charge in [0.1, 0.15) is 5.83 Å². The molecule has 1 aliphatic rings. The monoisotopic (exact) mass is 405 g/mol. The van der Waals surface area contributed by atoms with Crippen LogP contribution >= 0.6 is 11.6 Å². The number of carbonyl (C=O) groups is 1. The smallest absolute Gasteiger partial charge is 0.330 e. The Hall–Kier alpha value is -2.07. The largest absolute Gasteiger partial charge is 0.466 e. The Kier molecular flexibility index (Phi) is 7.88. The van der Waals surface area contributed by atoms with E-state index in [1.54, 1.807) is 13.0 Å². The normalized spacial score (nSPS) is 15.7. The average molecular weight is 406 g/mol. The fraction of sp³-hybridized carbons (Fsp3) is 0.435. The lowest BCUT2D eigenvalue weighted by Crippen LogP contribution is -2.35. The molecule has 0 atom stereocenters. The van der Waals surface area contributed by atoms with Crippen LogP contribution in [0.15, 0.2) is 41.8 Å². The van der Waals surface area contributed by atoms with Crippen molar-refractivity contribution in [2.75, 3.05) is 18.6 Å². The minimum absolute atomic E-state index is 0.326. The molecule has 0 saturated carbocycles. The standard InChI is InChI=1S/C23H29ClFNO2/c1-6-19(21(25)10-9-16(4)12-22(27)28-5)18-13-17-8-7-11-26(15(2)3)23(17)20(24)14-18/h9-10,12-15H,6-8,11H2,1-5H3. The Morgan fingerprint density at radius 2 is 2.07 bits per heavy atom. The van der Waals surface area contributed by atoms with Crippen LogP contribution in [-0.2, 0) is 16.0 Å². The van der Waals surface area contributed by atoms with E-state index in [0.29, 0.717) is 28.6 Å². The number of benzene rings is 1. The van der Waals surface area contributed by atoms with Crippen molar-refractivity contribution in [2.24, 2.45) is 0 Å². The number of aryl methyl sites for hydroxylation is 1. The van der Waals surface area contributed by atoms with Crippen LogP contribution < -0.4 is 4.90 Å². The van der Waals surface area contributed by atoms with Gasteiger partial charge >= 0.3 is 5.97 Å². The number of carbonyl (C=O) groups excluding carboxylic acids is 1. The van der Waals surface area contributed by atoms with Gasteiger partial charge in [0.15, 0.2) is 0 Å². The Morgan fingerprint density at radius 3 is 2.68 bits per heavy atom. The van der Waals surface area contributed by atoms with Crippen molar-refractivity contribution in [3.8, 4) is 0 Å². The molecule has 152 valence electrons. The highest BCUT2D eigenvalue weighted by Crippen LogP contribution is 2.39. The first-order chi connectivity index (χ1) is 13.3. The third-order valence-electron chi connectivity index (χ3n) is 4.93. The van der Waals surface area contributed by atoms with Crippen LogP contribution in [-0.4, -0.2) is 25.7 Å². The summed E-state index contributed by atoms with van der Waals surface area (Å²) in [5.74, 6) is -0.786. The van der Waals surface area contributed by atoms with Crippen LogP contribution in [0, 0.1) is 0 Å². The van der Waals surface area contributed by atoms with Gasteiger partial charge in [0.05, 0.1) is 17.8 Å². The number of rotatable bonds is 6. The van der Waals surface area contributed by atoms with Gasteiger partial charge < -0.3 is 9.64 Å². The number of allylic oxidation sites excluding steroid dienone is 5. The van der Waals surface area contributed by atoms with Gasteiger partial charge in [-0.1, -0.05) is 24.6 Å². The maximum Gasteiger partial charge on any atom is 0.330 e. The molecule has 0 N–H and O–H groups in total. The lowest BCUT2D eigenvalue weighted by Gasteiger charge is -2.35. The molecule has 1 aliphatic heterocycles. The van der Waals surface area contributed by atoms with Crippen molar-refractivity contribution in [1.82, 2.24) is 0 Å². The van der Waals surface area contributed by atoms with Gasteiger partial charge in [0, 0.05) is 18.7 Å². The van der Waals surface area contributed by atoms with E-state index in [9.17, 15) is 9.18 Å². The summed E-state index contributed by atoms with van der Waals surface area (Å²) < 4.78 is 19.5. The maximum atomic E-state index is 14.9. The van der Waals surface area contributed by atoms with Gasteiger partial charge in [-0.2, -0.15) is 0 Å². The number of fused-ring (bicyclic) bond motifs is 1. The van der Waals surface area contributed by atoms with E-state index in [1.165, 1.54) is 24.8 Å². The molecule has 2 rings (SSSR count). The van der Waals surface area contributed by atoms with E-state index in [-0.39, 0.29) is 5.83 Å². The highest BCUT2D eigenvalue weighted by Gasteiger charge is 2.23. The summed E-state index contributed by atoms with van der Waals surface area (Å²) in [4.78, 5) is 13.6. The number of hydrogen-bond donors (Lipinski definition) is 0. The van der Waals surface area contributed by atoms with Gasteiger partial charge in [0.25, 0.3) is 0 Å². The van der Waals surface area contributed by atoms with Crippen molar-refractivity contribution in [2.45, 2.75) is 53.0 Å². The highest BCUT2D eigenvalue weighted by molar-refractivity contribution is 6.33. The van der Waals surface area contributed by atoms with E-state index in [2.05, 4.69) is 29.6 Å². The number of anilines is 1. The number of esters is 1. The first-order valence-electron chi connectivity index (χ1n) is 9.70. The van der Waals surface area contributed by atoms with Crippen LogP contribution in [0.3, 0.4) is 0 Å². The van der Waals surface area contributed by atoms with Gasteiger partial charge in [-0.25, -0.2) is 9.18 Å². The minimum atomic E-state index is -0.460. The topological polar surface area (TPSA) is 29.5 Å². The van der Waals surface area contributed by atoms with Crippen molar-refractivity contribution in [3.63, 3.8) is 0 Å². The van der Waals surface area contributed by atoms with Gasteiger partial charge in [-0.15, -0.1) is 0 Å². The molecule has 5 heteroatoms. The van der Waals surface area contributed by atoms with Crippen molar-refractivity contribution < 1.29 is 13.9 Å². The molecule has 0 bridgehead atoms. The summed E-state index contributed by atoms with van der Waals surface area (Å²) in [5.41, 5.74) is 4.29. The van der Waals surface area contributed by atoms with Crippen molar-refractivity contribution in [3.05, 3.63) is 57.9 Å². The molecular weight excluding hydrogens is 377 g/mol. The van der Waals surface area contributed by atoms with Gasteiger partial charge in [-0.3, -0.25) is 0 Å². The summed E-state index contributed by atoms with van der Waals surface area (Å²) in [7, 11) is 1.31. The molecule has 28 heavy (non-hydrogen) atoms. The third kappa shape index (κ3) is 5.26. The first kappa shape index (κ1) is 22.2. The van der Waals surface area contributed by atoms with E-state index < -0.39 is 5.97 Å². The van der Waals surface area contributed by atoms with E-state index in [1.807, 2.05) is 13.0 Å². The second-order valence-electron chi connectivity index (χ2n) is 7.28. The van der Waals surface area contributed by atoms with Crippen LogP contribution in [0.25, 0.3) is 5.57 Å². The van der Waals surface area contributed by atoms with E-state index in [0.717, 1.165) is 30.6 Å². The fourth-order valence-corrected chi connectivity index (χ4v) is 3.87. The number of nitrogens with zero attached hydrogens (tertiary/aromatic N) is 1. The van der Waals surface area contributed by atoms with Gasteiger partial charge in [0.2, 0.25) is 0 Å². The Labute approximate surface area is 172 Å². The quantitative estimate of drug-likeness (QED) is 0.317. The molecule has 1 aromatic rings. The molecule has 0 fully saturated rings. The zero-order chi connectivity index (χ0) is 20.8. The summed E-state index contributed by atoms with van der Waals surface area (Å²) in [6.07, 6.45) is 6.84. The van der Waals surface area contributed by atoms with Crippen LogP contribution in [0.5, 0.6) is 0 Å². The first-order valence-corrected chi connectivity index (χ1v) is 10.1. The van der Waals surface area contributed by atoms with Crippen molar-refractivity contribution >= 4 is 28.8 Å². The SMILES string of the molecule is CCC(=C(F)C=CC(C)=CC(=O)OC)c1cc(Cl)c2c(c1)CCCN2C(C)C. The number of hydrogen-bond acceptors (Lipinski definition) is 3. The molecule has 0 amide bonds. The lowest BCUT2D eigenvalue weighted by atomic mass is 9.94. The lowest BCUT2D eigenvalue weighted by molar-refractivity contribution is -0.134. The Balaban J connectivity index is 2.41. The average Bonchev–Trinajstić information content (AvgIpc) is 2.66. The van der Waals surface area contributed by atoms with Crippen LogP contribution in [0.2, 0.25) is 5.02 Å². The predicted octanol–water partition coefficient (Wildman–Crippen LogP) is 6.27. The van der Waals surface area contributed by atoms with Gasteiger partial charge in [-0.05, 0) is 80.5 Å².